The molecule has 4 heteroatoms. The fraction of sp³-hybridized carbons (Fsp3) is 0.294. The highest BCUT2D eigenvalue weighted by atomic mass is 19.2. The summed E-state index contributed by atoms with van der Waals surface area (Å²) in [4.78, 5) is 0. The lowest BCUT2D eigenvalue weighted by atomic mass is 10.00. The summed E-state index contributed by atoms with van der Waals surface area (Å²) >= 11 is 0. The standard InChI is InChI=1S/C17H18F3N/c1-3-8-21-10-12-5-7-15(18)14(9-12)13-6-4-11(2)16(19)17(13)20/h4-7,9,21H,3,8,10H2,1-2H3. The summed E-state index contributed by atoms with van der Waals surface area (Å²) in [6.07, 6.45) is 0.992. The minimum atomic E-state index is -1.01. The van der Waals surface area contributed by atoms with E-state index in [0.29, 0.717) is 6.54 Å². The van der Waals surface area contributed by atoms with Crippen LogP contribution in [0, 0.1) is 24.4 Å². The van der Waals surface area contributed by atoms with Gasteiger partial charge in [-0.1, -0.05) is 25.1 Å². The summed E-state index contributed by atoms with van der Waals surface area (Å²) in [6.45, 7) is 4.94. The summed E-state index contributed by atoms with van der Waals surface area (Å²) in [6, 6.07) is 7.36. The highest BCUT2D eigenvalue weighted by molar-refractivity contribution is 5.66. The largest absolute Gasteiger partial charge is 0.313 e. The van der Waals surface area contributed by atoms with E-state index in [1.165, 1.54) is 25.1 Å². The number of rotatable bonds is 5. The van der Waals surface area contributed by atoms with Gasteiger partial charge in [0.25, 0.3) is 0 Å². The van der Waals surface area contributed by atoms with Crippen molar-refractivity contribution in [1.82, 2.24) is 5.32 Å². The first-order valence-corrected chi connectivity index (χ1v) is 6.98. The lowest BCUT2D eigenvalue weighted by molar-refractivity contribution is 0.504. The molecule has 0 aliphatic heterocycles. The summed E-state index contributed by atoms with van der Waals surface area (Å²) in [5.41, 5.74) is 1.08. The van der Waals surface area contributed by atoms with Gasteiger partial charge in [0.2, 0.25) is 0 Å². The average Bonchev–Trinajstić information content (AvgIpc) is 2.47. The number of halogens is 3. The third-order valence-corrected chi connectivity index (χ3v) is 3.35. The third-order valence-electron chi connectivity index (χ3n) is 3.35. The lowest BCUT2D eigenvalue weighted by Crippen LogP contribution is -2.13. The molecule has 0 saturated carbocycles. The third kappa shape index (κ3) is 3.45. The van der Waals surface area contributed by atoms with E-state index in [-0.39, 0.29) is 16.7 Å². The summed E-state index contributed by atoms with van der Waals surface area (Å²) in [5, 5.41) is 3.19. The van der Waals surface area contributed by atoms with Crippen LogP contribution in [0.2, 0.25) is 0 Å². The van der Waals surface area contributed by atoms with Gasteiger partial charge in [0.15, 0.2) is 11.6 Å². The lowest BCUT2D eigenvalue weighted by Gasteiger charge is -2.10. The van der Waals surface area contributed by atoms with Crippen molar-refractivity contribution < 1.29 is 13.2 Å². The normalized spacial score (nSPS) is 10.9. The molecule has 2 aromatic carbocycles. The van der Waals surface area contributed by atoms with E-state index in [2.05, 4.69) is 5.32 Å². The molecule has 0 aliphatic carbocycles. The number of hydrogen-bond acceptors (Lipinski definition) is 1. The molecule has 0 radical (unpaired) electrons. The van der Waals surface area contributed by atoms with E-state index >= 15 is 0 Å². The van der Waals surface area contributed by atoms with Gasteiger partial charge in [0.1, 0.15) is 5.82 Å². The molecule has 0 aromatic heterocycles. The number of aryl methyl sites for hydroxylation is 1. The van der Waals surface area contributed by atoms with Gasteiger partial charge < -0.3 is 5.32 Å². The Kier molecular flexibility index (Phi) is 5.02. The molecule has 2 rings (SSSR count). The first-order chi connectivity index (χ1) is 10.0. The van der Waals surface area contributed by atoms with Crippen molar-refractivity contribution in [2.45, 2.75) is 26.8 Å². The second-order valence-electron chi connectivity index (χ2n) is 5.05. The Labute approximate surface area is 122 Å². The van der Waals surface area contributed by atoms with Crippen LogP contribution in [-0.2, 0) is 6.54 Å². The zero-order valence-electron chi connectivity index (χ0n) is 12.1. The predicted octanol–water partition coefficient (Wildman–Crippen LogP) is 4.58. The summed E-state index contributed by atoms with van der Waals surface area (Å²) in [5.74, 6) is -2.50. The van der Waals surface area contributed by atoms with Crippen molar-refractivity contribution in [3.63, 3.8) is 0 Å². The minimum absolute atomic E-state index is 0.0482. The second kappa shape index (κ2) is 6.76. The van der Waals surface area contributed by atoms with Crippen LogP contribution in [0.15, 0.2) is 30.3 Å². The van der Waals surface area contributed by atoms with Crippen LogP contribution in [0.1, 0.15) is 24.5 Å². The molecule has 0 aliphatic rings. The van der Waals surface area contributed by atoms with Crippen LogP contribution >= 0.6 is 0 Å². The Morgan fingerprint density at radius 1 is 0.952 bits per heavy atom. The quantitative estimate of drug-likeness (QED) is 0.796. The van der Waals surface area contributed by atoms with E-state index in [4.69, 9.17) is 0 Å². The van der Waals surface area contributed by atoms with Gasteiger partial charge >= 0.3 is 0 Å². The molecule has 0 spiro atoms. The second-order valence-corrected chi connectivity index (χ2v) is 5.05. The van der Waals surface area contributed by atoms with Crippen molar-refractivity contribution in [2.75, 3.05) is 6.54 Å². The first-order valence-electron chi connectivity index (χ1n) is 6.98. The first kappa shape index (κ1) is 15.6. The highest BCUT2D eigenvalue weighted by Gasteiger charge is 2.15. The van der Waals surface area contributed by atoms with Crippen LogP contribution < -0.4 is 5.32 Å². The number of benzene rings is 2. The van der Waals surface area contributed by atoms with Gasteiger partial charge in [-0.05, 0) is 43.1 Å². The molecule has 0 heterocycles. The Hall–Kier alpha value is -1.81. The van der Waals surface area contributed by atoms with Crippen molar-refractivity contribution in [3.8, 4) is 11.1 Å². The van der Waals surface area contributed by atoms with Crippen molar-refractivity contribution in [3.05, 3.63) is 58.9 Å². The van der Waals surface area contributed by atoms with Gasteiger partial charge in [-0.15, -0.1) is 0 Å². The molecular weight excluding hydrogens is 275 g/mol. The topological polar surface area (TPSA) is 12.0 Å². The van der Waals surface area contributed by atoms with Crippen LogP contribution in [0.3, 0.4) is 0 Å². The van der Waals surface area contributed by atoms with Gasteiger partial charge in [0, 0.05) is 17.7 Å². The molecule has 1 nitrogen and oxygen atoms in total. The Morgan fingerprint density at radius 3 is 2.43 bits per heavy atom. The summed E-state index contributed by atoms with van der Waals surface area (Å²) < 4.78 is 41.6. The molecular formula is C17H18F3N. The molecule has 2 aromatic rings. The van der Waals surface area contributed by atoms with Crippen LogP contribution in [0.25, 0.3) is 11.1 Å². The Morgan fingerprint density at radius 2 is 1.71 bits per heavy atom. The monoisotopic (exact) mass is 293 g/mol. The van der Waals surface area contributed by atoms with E-state index in [9.17, 15) is 13.2 Å². The molecule has 0 saturated heterocycles. The number of hydrogen-bond donors (Lipinski definition) is 1. The van der Waals surface area contributed by atoms with E-state index in [1.807, 2.05) is 6.92 Å². The van der Waals surface area contributed by atoms with Crippen molar-refractivity contribution >= 4 is 0 Å². The SMILES string of the molecule is CCCNCc1ccc(F)c(-c2ccc(C)c(F)c2F)c1. The molecule has 0 amide bonds. The highest BCUT2D eigenvalue weighted by Crippen LogP contribution is 2.29. The fourth-order valence-corrected chi connectivity index (χ4v) is 2.15. The zero-order valence-corrected chi connectivity index (χ0v) is 12.1. The van der Waals surface area contributed by atoms with E-state index < -0.39 is 17.5 Å². The average molecular weight is 293 g/mol. The van der Waals surface area contributed by atoms with Crippen LogP contribution in [0.4, 0.5) is 13.2 Å². The minimum Gasteiger partial charge on any atom is -0.313 e. The molecule has 21 heavy (non-hydrogen) atoms. The smallest absolute Gasteiger partial charge is 0.167 e. The molecule has 0 unspecified atom stereocenters. The van der Waals surface area contributed by atoms with Crippen molar-refractivity contribution in [1.29, 1.82) is 0 Å². The zero-order chi connectivity index (χ0) is 15.4. The molecule has 0 bridgehead atoms. The molecule has 112 valence electrons. The predicted molar refractivity (Wildman–Crippen MR) is 78.5 cm³/mol. The fourth-order valence-electron chi connectivity index (χ4n) is 2.15. The molecule has 0 fully saturated rings. The maximum Gasteiger partial charge on any atom is 0.167 e. The maximum atomic E-state index is 14.0. The van der Waals surface area contributed by atoms with Gasteiger partial charge in [-0.25, -0.2) is 13.2 Å². The van der Waals surface area contributed by atoms with Crippen LogP contribution in [0.5, 0.6) is 0 Å². The summed E-state index contributed by atoms with van der Waals surface area (Å²) in [7, 11) is 0. The number of nitrogens with one attached hydrogen (secondary N) is 1. The molecule has 0 atom stereocenters. The Bertz CT molecular complexity index is 638. The maximum absolute atomic E-state index is 14.0. The van der Waals surface area contributed by atoms with E-state index in [1.54, 1.807) is 12.1 Å². The van der Waals surface area contributed by atoms with E-state index in [0.717, 1.165) is 18.5 Å². The van der Waals surface area contributed by atoms with Gasteiger partial charge in [-0.2, -0.15) is 0 Å². The van der Waals surface area contributed by atoms with Gasteiger partial charge in [-0.3, -0.25) is 0 Å². The van der Waals surface area contributed by atoms with Crippen molar-refractivity contribution in [2.24, 2.45) is 0 Å². The molecule has 1 N–H and O–H groups in total. The van der Waals surface area contributed by atoms with Crippen LogP contribution in [-0.4, -0.2) is 6.54 Å². The van der Waals surface area contributed by atoms with Gasteiger partial charge in [0.05, 0.1) is 0 Å². The Balaban J connectivity index is 2.39.